The topological polar surface area (TPSA) is 180 Å². The molecule has 0 spiro atoms. The van der Waals surface area contributed by atoms with Gasteiger partial charge in [-0.25, -0.2) is 13.9 Å². The lowest BCUT2D eigenvalue weighted by Gasteiger charge is -2.28. The van der Waals surface area contributed by atoms with Crippen LogP contribution in [0, 0.1) is 22.7 Å². The van der Waals surface area contributed by atoms with Crippen molar-refractivity contribution in [2.45, 2.75) is 103 Å². The Kier molecular flexibility index (Phi) is 9.63. The van der Waals surface area contributed by atoms with Crippen molar-refractivity contribution < 1.29 is 37.7 Å². The standard InChI is InChI=1S/C30H41FN6O7/c1-7-42-29(5,6)27(40)36-25-18-11-12-20(37(18)35-16-34-25)30(15-32)23(31)22(43-26(39)24(33)28(2,3)4)19(44-30)14-41-21(38)13-17-9-8-10-17/h11-12,16-17,19,22-24H,7-10,13-14,33H2,1-6H3,(H,34,35,36,40)/t19-,22-,23-,24+,30+/m1/s1. The molecular weight excluding hydrogens is 575 g/mol. The van der Waals surface area contributed by atoms with Crippen molar-refractivity contribution in [3.63, 3.8) is 0 Å². The van der Waals surface area contributed by atoms with Crippen molar-refractivity contribution in [2.75, 3.05) is 18.5 Å². The molecule has 1 saturated carbocycles. The number of nitrogens with one attached hydrogen (secondary N) is 1. The zero-order valence-electron chi connectivity index (χ0n) is 26.0. The molecule has 0 radical (unpaired) electrons. The first-order valence-electron chi connectivity index (χ1n) is 14.8. The number of rotatable bonds is 11. The SMILES string of the molecule is CCOC(C)(C)C(=O)Nc1ncnn2c([C@]3(C#N)O[C@H](COC(=O)CC4CCC4)[C@@H](OC(=O)[C@H](N)C(C)(C)C)[C@H]3F)ccc12. The van der Waals surface area contributed by atoms with E-state index in [4.69, 9.17) is 24.7 Å². The normalized spacial score (nSPS) is 24.8. The van der Waals surface area contributed by atoms with Crippen LogP contribution in [0.1, 0.15) is 72.9 Å². The van der Waals surface area contributed by atoms with E-state index in [2.05, 4.69) is 15.4 Å². The Morgan fingerprint density at radius 1 is 1.27 bits per heavy atom. The lowest BCUT2D eigenvalue weighted by molar-refractivity contribution is -0.162. The summed E-state index contributed by atoms with van der Waals surface area (Å²) in [7, 11) is 0. The Labute approximate surface area is 255 Å². The van der Waals surface area contributed by atoms with Crippen molar-refractivity contribution in [3.05, 3.63) is 24.2 Å². The van der Waals surface area contributed by atoms with E-state index in [0.29, 0.717) is 6.61 Å². The predicted octanol–water partition coefficient (Wildman–Crippen LogP) is 2.96. The number of hydrogen-bond donors (Lipinski definition) is 2. The highest BCUT2D eigenvalue weighted by molar-refractivity contribution is 5.98. The van der Waals surface area contributed by atoms with Gasteiger partial charge in [0, 0.05) is 13.0 Å². The number of esters is 2. The zero-order valence-corrected chi connectivity index (χ0v) is 26.0. The maximum Gasteiger partial charge on any atom is 0.323 e. The number of aromatic nitrogens is 3. The highest BCUT2D eigenvalue weighted by Crippen LogP contribution is 2.44. The number of carbonyl (C=O) groups is 3. The van der Waals surface area contributed by atoms with Crippen LogP contribution in [0.15, 0.2) is 18.5 Å². The van der Waals surface area contributed by atoms with Crippen molar-refractivity contribution in [1.82, 2.24) is 14.6 Å². The summed E-state index contributed by atoms with van der Waals surface area (Å²) in [6.45, 7) is 10.0. The summed E-state index contributed by atoms with van der Waals surface area (Å²) in [4.78, 5) is 42.5. The van der Waals surface area contributed by atoms with Gasteiger partial charge in [-0.15, -0.1) is 0 Å². The first kappa shape index (κ1) is 33.2. The van der Waals surface area contributed by atoms with E-state index < -0.39 is 65.5 Å². The third-order valence-corrected chi connectivity index (χ3v) is 8.19. The summed E-state index contributed by atoms with van der Waals surface area (Å²) in [5.41, 5.74) is 2.06. The summed E-state index contributed by atoms with van der Waals surface area (Å²) in [6.07, 6.45) is -0.945. The van der Waals surface area contributed by atoms with Gasteiger partial charge >= 0.3 is 11.9 Å². The van der Waals surface area contributed by atoms with E-state index in [0.717, 1.165) is 25.6 Å². The molecule has 1 saturated heterocycles. The summed E-state index contributed by atoms with van der Waals surface area (Å²) in [6, 6.07) is 3.70. The number of alkyl halides is 1. The fourth-order valence-electron chi connectivity index (χ4n) is 5.13. The second kappa shape index (κ2) is 12.7. The maximum atomic E-state index is 16.6. The Hall–Kier alpha value is -3.67. The maximum absolute atomic E-state index is 16.6. The van der Waals surface area contributed by atoms with Gasteiger partial charge in [-0.05, 0) is 57.1 Å². The number of ether oxygens (including phenoxy) is 4. The predicted molar refractivity (Wildman–Crippen MR) is 155 cm³/mol. The lowest BCUT2D eigenvalue weighted by atomic mass is 9.83. The van der Waals surface area contributed by atoms with E-state index in [-0.39, 0.29) is 29.4 Å². The molecule has 4 rings (SSSR count). The van der Waals surface area contributed by atoms with Crippen molar-refractivity contribution in [2.24, 2.45) is 17.1 Å². The van der Waals surface area contributed by atoms with Crippen LogP contribution in [-0.4, -0.2) is 75.7 Å². The fraction of sp³-hybridized carbons (Fsp3) is 0.667. The first-order chi connectivity index (χ1) is 20.6. The van der Waals surface area contributed by atoms with E-state index in [1.807, 2.05) is 6.07 Å². The molecule has 3 heterocycles. The molecule has 2 aromatic rings. The van der Waals surface area contributed by atoms with E-state index in [1.165, 1.54) is 16.6 Å². The van der Waals surface area contributed by atoms with E-state index in [1.54, 1.807) is 41.5 Å². The number of anilines is 1. The third-order valence-electron chi connectivity index (χ3n) is 8.19. The van der Waals surface area contributed by atoms with Crippen LogP contribution in [-0.2, 0) is 38.9 Å². The van der Waals surface area contributed by atoms with Gasteiger partial charge in [-0.3, -0.25) is 14.4 Å². The summed E-state index contributed by atoms with van der Waals surface area (Å²) in [5, 5.41) is 17.3. The minimum absolute atomic E-state index is 0.0473. The van der Waals surface area contributed by atoms with E-state index >= 15 is 4.39 Å². The Morgan fingerprint density at radius 3 is 2.57 bits per heavy atom. The molecular formula is C30H41FN6O7. The molecule has 0 aromatic carbocycles. The van der Waals surface area contributed by atoms with Crippen LogP contribution in [0.3, 0.4) is 0 Å². The van der Waals surface area contributed by atoms with Gasteiger partial charge in [0.05, 0.1) is 5.69 Å². The second-order valence-electron chi connectivity index (χ2n) is 12.9. The molecule has 1 amide bonds. The number of carbonyl (C=O) groups excluding carboxylic acids is 3. The minimum Gasteiger partial charge on any atom is -0.463 e. The molecule has 2 fully saturated rings. The Balaban J connectivity index is 1.66. The molecule has 2 aliphatic rings. The number of nitriles is 1. The molecule has 2 aromatic heterocycles. The monoisotopic (exact) mass is 616 g/mol. The summed E-state index contributed by atoms with van der Waals surface area (Å²) >= 11 is 0. The van der Waals surface area contributed by atoms with Crippen molar-refractivity contribution in [1.29, 1.82) is 5.26 Å². The molecule has 0 bridgehead atoms. The van der Waals surface area contributed by atoms with Gasteiger partial charge in [-0.2, -0.15) is 10.4 Å². The number of halogens is 1. The summed E-state index contributed by atoms with van der Waals surface area (Å²) < 4.78 is 40.3. The molecule has 14 heteroatoms. The second-order valence-corrected chi connectivity index (χ2v) is 12.9. The molecule has 1 aliphatic carbocycles. The summed E-state index contributed by atoms with van der Waals surface area (Å²) in [5.74, 6) is -1.54. The molecule has 0 unspecified atom stereocenters. The molecule has 13 nitrogen and oxygen atoms in total. The number of nitrogens with zero attached hydrogens (tertiary/aromatic N) is 4. The highest BCUT2D eigenvalue weighted by atomic mass is 19.1. The number of hydrogen-bond acceptors (Lipinski definition) is 11. The molecule has 5 atom stereocenters. The zero-order chi connectivity index (χ0) is 32.4. The van der Waals surface area contributed by atoms with Gasteiger partial charge in [0.2, 0.25) is 5.60 Å². The molecule has 3 N–H and O–H groups in total. The Morgan fingerprint density at radius 2 is 1.98 bits per heavy atom. The number of fused-ring (bicyclic) bond motifs is 1. The van der Waals surface area contributed by atoms with Gasteiger partial charge in [0.1, 0.15) is 42.3 Å². The first-order valence-corrected chi connectivity index (χ1v) is 14.8. The number of amides is 1. The van der Waals surface area contributed by atoms with Gasteiger partial charge in [-0.1, -0.05) is 27.2 Å². The van der Waals surface area contributed by atoms with Crippen LogP contribution >= 0.6 is 0 Å². The smallest absolute Gasteiger partial charge is 0.323 e. The molecule has 240 valence electrons. The van der Waals surface area contributed by atoms with Crippen LogP contribution in [0.2, 0.25) is 0 Å². The van der Waals surface area contributed by atoms with Gasteiger partial charge in [0.25, 0.3) is 5.91 Å². The van der Waals surface area contributed by atoms with Crippen molar-refractivity contribution in [3.8, 4) is 6.07 Å². The minimum atomic E-state index is -2.34. The molecule has 1 aliphatic heterocycles. The fourth-order valence-corrected chi connectivity index (χ4v) is 5.13. The van der Waals surface area contributed by atoms with Crippen LogP contribution in [0.5, 0.6) is 0 Å². The number of nitrogens with two attached hydrogens (primary N) is 1. The highest BCUT2D eigenvalue weighted by Gasteiger charge is 2.61. The molecule has 44 heavy (non-hydrogen) atoms. The van der Waals surface area contributed by atoms with Crippen LogP contribution in [0.4, 0.5) is 10.2 Å². The Bertz CT molecular complexity index is 1430. The van der Waals surface area contributed by atoms with Crippen molar-refractivity contribution >= 4 is 29.2 Å². The van der Waals surface area contributed by atoms with E-state index in [9.17, 15) is 19.6 Å². The van der Waals surface area contributed by atoms with Crippen LogP contribution < -0.4 is 11.1 Å². The van der Waals surface area contributed by atoms with Gasteiger partial charge < -0.3 is 30.0 Å². The average Bonchev–Trinajstić information content (AvgIpc) is 3.49. The average molecular weight is 617 g/mol. The van der Waals surface area contributed by atoms with Gasteiger partial charge in [0.15, 0.2) is 18.1 Å². The largest absolute Gasteiger partial charge is 0.463 e. The van der Waals surface area contributed by atoms with Crippen LogP contribution in [0.25, 0.3) is 5.52 Å². The quantitative estimate of drug-likeness (QED) is 0.354. The third kappa shape index (κ3) is 6.55. The lowest BCUT2D eigenvalue weighted by Crippen LogP contribution is -2.48.